The third-order valence-electron chi connectivity index (χ3n) is 5.59. The van der Waals surface area contributed by atoms with Gasteiger partial charge in [0.05, 0.1) is 41.3 Å². The van der Waals surface area contributed by atoms with Crippen molar-refractivity contribution in [3.8, 4) is 12.1 Å². The number of hydrogen-bond acceptors (Lipinski definition) is 10. The molecule has 0 saturated carbocycles. The standard InChI is InChI=1S/C22H23ClN10O2/c1-3-26-19-20-27-12-15(11-25)33(20)31-21(30-19)29-16-8-13(10-24)9-17(18(16)23)32-6-4-14(5-7-32)28-22(34)35-2/h8-9,12,14H,3-7H2,1-2H3,(H,28,34)(H2,26,29,30,31). The molecule has 12 nitrogen and oxygen atoms in total. The second kappa shape index (κ2) is 10.3. The number of nitriles is 2. The van der Waals surface area contributed by atoms with Crippen LogP contribution in [0.15, 0.2) is 18.3 Å². The lowest BCUT2D eigenvalue weighted by Gasteiger charge is -2.34. The highest BCUT2D eigenvalue weighted by Gasteiger charge is 2.24. The summed E-state index contributed by atoms with van der Waals surface area (Å²) in [6.45, 7) is 3.78. The molecule has 0 spiro atoms. The molecule has 1 fully saturated rings. The quantitative estimate of drug-likeness (QED) is 0.465. The first kappa shape index (κ1) is 23.9. The van der Waals surface area contributed by atoms with Crippen LogP contribution in [0.2, 0.25) is 5.02 Å². The van der Waals surface area contributed by atoms with Gasteiger partial charge in [0.15, 0.2) is 17.2 Å². The molecule has 13 heteroatoms. The van der Waals surface area contributed by atoms with E-state index < -0.39 is 6.09 Å². The summed E-state index contributed by atoms with van der Waals surface area (Å²) in [6, 6.07) is 7.58. The number of anilines is 4. The highest BCUT2D eigenvalue weighted by Crippen LogP contribution is 2.37. The molecule has 0 unspecified atom stereocenters. The summed E-state index contributed by atoms with van der Waals surface area (Å²) in [4.78, 5) is 22.3. The van der Waals surface area contributed by atoms with Gasteiger partial charge in [-0.25, -0.2) is 9.78 Å². The summed E-state index contributed by atoms with van der Waals surface area (Å²) in [5.74, 6) is 0.645. The van der Waals surface area contributed by atoms with Crippen LogP contribution in [0.4, 0.5) is 27.9 Å². The van der Waals surface area contributed by atoms with Crippen molar-refractivity contribution in [2.24, 2.45) is 0 Å². The molecule has 0 bridgehead atoms. The van der Waals surface area contributed by atoms with Crippen molar-refractivity contribution >= 4 is 46.5 Å². The molecule has 0 aliphatic carbocycles. The van der Waals surface area contributed by atoms with E-state index in [0.717, 1.165) is 0 Å². The molecular formula is C22H23ClN10O2. The predicted molar refractivity (Wildman–Crippen MR) is 130 cm³/mol. The number of nitrogens with zero attached hydrogens (tertiary/aromatic N) is 7. The minimum Gasteiger partial charge on any atom is -0.453 e. The van der Waals surface area contributed by atoms with Gasteiger partial charge in [-0.2, -0.15) is 20.0 Å². The summed E-state index contributed by atoms with van der Waals surface area (Å²) < 4.78 is 6.08. The van der Waals surface area contributed by atoms with Gasteiger partial charge in [-0.15, -0.1) is 5.10 Å². The Bertz CT molecular complexity index is 1330. The molecular weight excluding hydrogens is 472 g/mol. The zero-order valence-corrected chi connectivity index (χ0v) is 19.9. The van der Waals surface area contributed by atoms with E-state index in [2.05, 4.69) is 52.8 Å². The molecule has 1 amide bonds. The number of rotatable bonds is 6. The zero-order valence-electron chi connectivity index (χ0n) is 19.2. The third-order valence-corrected chi connectivity index (χ3v) is 5.99. The van der Waals surface area contributed by atoms with Crippen molar-refractivity contribution in [1.82, 2.24) is 24.9 Å². The number of amides is 1. The predicted octanol–water partition coefficient (Wildman–Crippen LogP) is 3.02. The number of halogens is 1. The highest BCUT2D eigenvalue weighted by atomic mass is 35.5. The smallest absolute Gasteiger partial charge is 0.407 e. The normalized spacial score (nSPS) is 13.7. The van der Waals surface area contributed by atoms with E-state index in [9.17, 15) is 15.3 Å². The van der Waals surface area contributed by atoms with E-state index in [4.69, 9.17) is 11.6 Å². The minimum absolute atomic E-state index is 0.00310. The summed E-state index contributed by atoms with van der Waals surface area (Å²) >= 11 is 6.77. The number of benzene rings is 1. The summed E-state index contributed by atoms with van der Waals surface area (Å²) in [7, 11) is 1.34. The zero-order chi connectivity index (χ0) is 24.9. The van der Waals surface area contributed by atoms with Crippen LogP contribution < -0.4 is 20.9 Å². The SMILES string of the molecule is CCNc1nc(Nc2cc(C#N)cc(N3CCC(NC(=O)OC)CC3)c2Cl)nn2c(C#N)cnc12. The largest absolute Gasteiger partial charge is 0.453 e. The monoisotopic (exact) mass is 494 g/mol. The number of nitrogens with one attached hydrogen (secondary N) is 3. The van der Waals surface area contributed by atoms with Gasteiger partial charge in [0.1, 0.15) is 6.07 Å². The number of alkyl carbamates (subject to hydrolysis) is 1. The number of carbonyl (C=O) groups is 1. The fourth-order valence-corrected chi connectivity index (χ4v) is 4.18. The van der Waals surface area contributed by atoms with E-state index in [1.54, 1.807) is 12.1 Å². The molecule has 180 valence electrons. The van der Waals surface area contributed by atoms with Gasteiger partial charge in [-0.05, 0) is 31.9 Å². The van der Waals surface area contributed by atoms with Gasteiger partial charge in [0, 0.05) is 25.7 Å². The fourth-order valence-electron chi connectivity index (χ4n) is 3.90. The minimum atomic E-state index is -0.453. The molecule has 35 heavy (non-hydrogen) atoms. The molecule has 4 rings (SSSR count). The molecule has 1 aromatic carbocycles. The van der Waals surface area contributed by atoms with Gasteiger partial charge in [-0.1, -0.05) is 11.6 Å². The van der Waals surface area contributed by atoms with Gasteiger partial charge >= 0.3 is 6.09 Å². The highest BCUT2D eigenvalue weighted by molar-refractivity contribution is 6.36. The maximum Gasteiger partial charge on any atom is 0.407 e. The van der Waals surface area contributed by atoms with Crippen LogP contribution in [0.1, 0.15) is 31.0 Å². The Hall–Kier alpha value is -4.29. The Morgan fingerprint density at radius 3 is 2.71 bits per heavy atom. The fraction of sp³-hybridized carbons (Fsp3) is 0.364. The van der Waals surface area contributed by atoms with Crippen molar-refractivity contribution in [3.63, 3.8) is 0 Å². The van der Waals surface area contributed by atoms with Gasteiger partial charge in [-0.3, -0.25) is 0 Å². The number of methoxy groups -OCH3 is 1. The number of hydrogen-bond donors (Lipinski definition) is 3. The van der Waals surface area contributed by atoms with Gasteiger partial charge < -0.3 is 25.6 Å². The first-order valence-corrected chi connectivity index (χ1v) is 11.3. The average molecular weight is 495 g/mol. The molecule has 3 N–H and O–H groups in total. The van der Waals surface area contributed by atoms with Crippen LogP contribution >= 0.6 is 11.6 Å². The maximum atomic E-state index is 11.5. The Balaban J connectivity index is 1.64. The Labute approximate surface area is 206 Å². The lowest BCUT2D eigenvalue weighted by atomic mass is 10.0. The van der Waals surface area contributed by atoms with Crippen molar-refractivity contribution < 1.29 is 9.53 Å². The summed E-state index contributed by atoms with van der Waals surface area (Å²) in [6.07, 6.45) is 2.38. The first-order chi connectivity index (χ1) is 17.0. The van der Waals surface area contributed by atoms with Crippen LogP contribution in [-0.2, 0) is 4.74 Å². The number of aromatic nitrogens is 4. The average Bonchev–Trinajstić information content (AvgIpc) is 3.29. The maximum absolute atomic E-state index is 11.5. The molecule has 3 aromatic rings. The van der Waals surface area contributed by atoms with Crippen LogP contribution in [-0.4, -0.2) is 58.5 Å². The summed E-state index contributed by atoms with van der Waals surface area (Å²) in [5, 5.41) is 32.8. The van der Waals surface area contributed by atoms with Crippen LogP contribution in [0.3, 0.4) is 0 Å². The van der Waals surface area contributed by atoms with E-state index in [-0.39, 0.29) is 17.7 Å². The molecule has 3 heterocycles. The summed E-state index contributed by atoms with van der Waals surface area (Å²) in [5.41, 5.74) is 2.24. The van der Waals surface area contributed by atoms with Crippen molar-refractivity contribution in [3.05, 3.63) is 34.6 Å². The lowest BCUT2D eigenvalue weighted by Crippen LogP contribution is -2.44. The number of imidazole rings is 1. The van der Waals surface area contributed by atoms with Crippen molar-refractivity contribution in [2.45, 2.75) is 25.8 Å². The molecule has 1 aliphatic rings. The van der Waals surface area contributed by atoms with Crippen molar-refractivity contribution in [2.75, 3.05) is 42.3 Å². The Morgan fingerprint density at radius 1 is 1.29 bits per heavy atom. The van der Waals surface area contributed by atoms with Gasteiger partial charge in [0.25, 0.3) is 0 Å². The van der Waals surface area contributed by atoms with Crippen molar-refractivity contribution in [1.29, 1.82) is 10.5 Å². The second-order valence-corrected chi connectivity index (χ2v) is 8.17. The lowest BCUT2D eigenvalue weighted by molar-refractivity contribution is 0.164. The third kappa shape index (κ3) is 4.98. The molecule has 1 aliphatic heterocycles. The molecule has 0 atom stereocenters. The van der Waals surface area contributed by atoms with E-state index in [1.165, 1.54) is 17.8 Å². The first-order valence-electron chi connectivity index (χ1n) is 11.0. The Kier molecular flexibility index (Phi) is 7.03. The Morgan fingerprint density at radius 2 is 2.06 bits per heavy atom. The van der Waals surface area contributed by atoms with Crippen LogP contribution in [0.25, 0.3) is 5.65 Å². The second-order valence-electron chi connectivity index (χ2n) is 7.80. The molecule has 1 saturated heterocycles. The van der Waals surface area contributed by atoms with E-state index in [0.29, 0.717) is 65.9 Å². The van der Waals surface area contributed by atoms with E-state index >= 15 is 0 Å². The van der Waals surface area contributed by atoms with Gasteiger partial charge in [0.2, 0.25) is 5.95 Å². The molecule has 2 aromatic heterocycles. The van der Waals surface area contributed by atoms with E-state index in [1.807, 2.05) is 6.92 Å². The van der Waals surface area contributed by atoms with Crippen LogP contribution in [0, 0.1) is 22.7 Å². The number of fused-ring (bicyclic) bond motifs is 1. The number of piperidine rings is 1. The topological polar surface area (TPSA) is 156 Å². The number of carbonyl (C=O) groups excluding carboxylic acids is 1. The number of ether oxygens (including phenoxy) is 1. The molecule has 0 radical (unpaired) electrons. The van der Waals surface area contributed by atoms with Crippen LogP contribution in [0.5, 0.6) is 0 Å².